The first-order chi connectivity index (χ1) is 11.5. The first-order valence-corrected chi connectivity index (χ1v) is 8.00. The molecule has 1 aliphatic rings. The van der Waals surface area contributed by atoms with Gasteiger partial charge in [-0.1, -0.05) is 38.1 Å². The number of halogens is 3. The molecule has 1 aromatic heterocycles. The molecule has 1 aliphatic heterocycles. The predicted molar refractivity (Wildman–Crippen MR) is 87.9 cm³/mol. The van der Waals surface area contributed by atoms with Crippen LogP contribution < -0.4 is 10.5 Å². The van der Waals surface area contributed by atoms with Crippen LogP contribution >= 0.6 is 0 Å². The number of benzene rings is 1. The maximum Gasteiger partial charge on any atom is 0.433 e. The first-order valence-electron chi connectivity index (χ1n) is 8.00. The predicted octanol–water partition coefficient (Wildman–Crippen LogP) is 4.62. The average Bonchev–Trinajstić information content (AvgIpc) is 2.61. The second-order valence-corrected chi connectivity index (χ2v) is 5.22. The van der Waals surface area contributed by atoms with E-state index >= 15 is 0 Å². The van der Waals surface area contributed by atoms with Crippen molar-refractivity contribution in [3.8, 4) is 16.9 Å². The summed E-state index contributed by atoms with van der Waals surface area (Å²) in [6.07, 6.45) is -2.36. The second-order valence-electron chi connectivity index (χ2n) is 5.22. The number of rotatable bonds is 2. The van der Waals surface area contributed by atoms with Gasteiger partial charge in [0.1, 0.15) is 11.4 Å². The summed E-state index contributed by atoms with van der Waals surface area (Å²) in [5, 5.41) is 0. The summed E-state index contributed by atoms with van der Waals surface area (Å²) in [5.41, 5.74) is 7.23. The molecule has 3 rings (SSSR count). The van der Waals surface area contributed by atoms with E-state index in [9.17, 15) is 13.2 Å². The summed E-state index contributed by atoms with van der Waals surface area (Å²) in [7, 11) is 0. The fourth-order valence-corrected chi connectivity index (χ4v) is 2.69. The van der Waals surface area contributed by atoms with Crippen molar-refractivity contribution in [2.24, 2.45) is 5.73 Å². The normalized spacial score (nSPS) is 16.5. The van der Waals surface area contributed by atoms with Crippen LogP contribution in [0.3, 0.4) is 0 Å². The number of fused-ring (bicyclic) bond motifs is 1. The number of alkyl halides is 3. The highest BCUT2D eigenvalue weighted by Crippen LogP contribution is 2.40. The van der Waals surface area contributed by atoms with Crippen LogP contribution in [0.25, 0.3) is 11.1 Å². The van der Waals surface area contributed by atoms with Gasteiger partial charge in [0.15, 0.2) is 0 Å². The van der Waals surface area contributed by atoms with Gasteiger partial charge in [-0.3, -0.25) is 4.98 Å². The van der Waals surface area contributed by atoms with Gasteiger partial charge in [-0.25, -0.2) is 0 Å². The molecule has 24 heavy (non-hydrogen) atoms. The van der Waals surface area contributed by atoms with Crippen LogP contribution in [-0.2, 0) is 6.18 Å². The summed E-state index contributed by atoms with van der Waals surface area (Å²) in [5.74, 6) is 0.914. The highest BCUT2D eigenvalue weighted by atomic mass is 19.4. The number of hydrogen-bond acceptors (Lipinski definition) is 3. The Bertz CT molecular complexity index is 669. The molecule has 1 aromatic carbocycles. The largest absolute Gasteiger partial charge is 0.493 e. The van der Waals surface area contributed by atoms with E-state index < -0.39 is 11.9 Å². The average molecular weight is 338 g/mol. The van der Waals surface area contributed by atoms with Crippen molar-refractivity contribution in [2.75, 3.05) is 13.2 Å². The van der Waals surface area contributed by atoms with Crippen LogP contribution in [0.2, 0.25) is 0 Å². The molecule has 2 N–H and O–H groups in total. The monoisotopic (exact) mass is 338 g/mol. The Morgan fingerprint density at radius 1 is 1.21 bits per heavy atom. The van der Waals surface area contributed by atoms with Crippen molar-refractivity contribution in [1.82, 2.24) is 4.98 Å². The Kier molecular flexibility index (Phi) is 5.83. The lowest BCUT2D eigenvalue weighted by Crippen LogP contribution is -2.21. The Morgan fingerprint density at radius 3 is 2.54 bits per heavy atom. The molecule has 0 saturated heterocycles. The van der Waals surface area contributed by atoms with Crippen molar-refractivity contribution < 1.29 is 17.9 Å². The van der Waals surface area contributed by atoms with Crippen molar-refractivity contribution in [3.63, 3.8) is 0 Å². The van der Waals surface area contributed by atoms with Gasteiger partial charge in [0.2, 0.25) is 0 Å². The van der Waals surface area contributed by atoms with Crippen molar-refractivity contribution in [1.29, 1.82) is 0 Å². The maximum absolute atomic E-state index is 12.6. The summed E-state index contributed by atoms with van der Waals surface area (Å²) < 4.78 is 43.5. The van der Waals surface area contributed by atoms with E-state index in [1.54, 1.807) is 0 Å². The molecular weight excluding hydrogens is 317 g/mol. The molecule has 1 atom stereocenters. The van der Waals surface area contributed by atoms with Gasteiger partial charge >= 0.3 is 6.18 Å². The zero-order valence-corrected chi connectivity index (χ0v) is 13.7. The van der Waals surface area contributed by atoms with Crippen LogP contribution in [0.1, 0.15) is 37.4 Å². The van der Waals surface area contributed by atoms with Crippen LogP contribution in [0.5, 0.6) is 5.75 Å². The van der Waals surface area contributed by atoms with Crippen LogP contribution in [0.4, 0.5) is 13.2 Å². The number of nitrogens with zero attached hydrogens (tertiary/aromatic N) is 1. The molecule has 6 heteroatoms. The van der Waals surface area contributed by atoms with Gasteiger partial charge in [0.25, 0.3) is 0 Å². The fraction of sp³-hybridized carbons (Fsp3) is 0.389. The molecule has 0 spiro atoms. The van der Waals surface area contributed by atoms with E-state index in [4.69, 9.17) is 10.5 Å². The van der Waals surface area contributed by atoms with Gasteiger partial charge in [0, 0.05) is 23.2 Å². The van der Waals surface area contributed by atoms with E-state index in [2.05, 4.69) is 4.98 Å². The van der Waals surface area contributed by atoms with Gasteiger partial charge in [-0.15, -0.1) is 0 Å². The number of nitrogens with two attached hydrogens (primary N) is 1. The molecule has 0 saturated carbocycles. The number of aromatic nitrogens is 1. The third-order valence-corrected chi connectivity index (χ3v) is 3.85. The molecule has 0 radical (unpaired) electrons. The Labute approximate surface area is 139 Å². The molecule has 0 fully saturated rings. The molecular formula is C18H21F3N2O. The zero-order valence-electron chi connectivity index (χ0n) is 13.7. The Hall–Kier alpha value is -2.08. The Morgan fingerprint density at radius 2 is 1.96 bits per heavy atom. The smallest absolute Gasteiger partial charge is 0.433 e. The fourth-order valence-electron chi connectivity index (χ4n) is 2.69. The summed E-state index contributed by atoms with van der Waals surface area (Å²) >= 11 is 0. The van der Waals surface area contributed by atoms with E-state index in [0.29, 0.717) is 24.5 Å². The van der Waals surface area contributed by atoms with E-state index in [1.807, 2.05) is 32.0 Å². The van der Waals surface area contributed by atoms with Crippen LogP contribution in [0, 0.1) is 0 Å². The number of pyridine rings is 1. The molecule has 0 bridgehead atoms. The lowest BCUT2D eigenvalue weighted by molar-refractivity contribution is -0.141. The summed E-state index contributed by atoms with van der Waals surface area (Å²) in [4.78, 5) is 3.51. The quantitative estimate of drug-likeness (QED) is 0.869. The number of hydrogen-bond donors (Lipinski definition) is 1. The second kappa shape index (κ2) is 7.66. The van der Waals surface area contributed by atoms with Gasteiger partial charge < -0.3 is 10.5 Å². The highest BCUT2D eigenvalue weighted by molar-refractivity contribution is 5.72. The number of ether oxygens (including phenoxy) is 1. The maximum atomic E-state index is 12.6. The van der Waals surface area contributed by atoms with Gasteiger partial charge in [0.05, 0.1) is 6.61 Å². The lowest BCUT2D eigenvalue weighted by Gasteiger charge is -2.26. The highest BCUT2D eigenvalue weighted by Gasteiger charge is 2.32. The minimum absolute atomic E-state index is 0.214. The summed E-state index contributed by atoms with van der Waals surface area (Å²) in [6, 6.07) is 8.04. The van der Waals surface area contributed by atoms with Gasteiger partial charge in [-0.05, 0) is 24.6 Å². The molecule has 130 valence electrons. The summed E-state index contributed by atoms with van der Waals surface area (Å²) in [6.45, 7) is 5.07. The minimum Gasteiger partial charge on any atom is -0.493 e. The first kappa shape index (κ1) is 18.3. The van der Waals surface area contributed by atoms with Crippen LogP contribution in [0.15, 0.2) is 36.5 Å². The van der Waals surface area contributed by atoms with Gasteiger partial charge in [-0.2, -0.15) is 13.2 Å². The Balaban J connectivity index is 0.00000100. The number of para-hydroxylation sites is 1. The van der Waals surface area contributed by atoms with Crippen LogP contribution in [-0.4, -0.2) is 18.1 Å². The van der Waals surface area contributed by atoms with Crippen molar-refractivity contribution in [3.05, 3.63) is 47.8 Å². The van der Waals surface area contributed by atoms with E-state index in [0.717, 1.165) is 23.6 Å². The van der Waals surface area contributed by atoms with E-state index in [-0.39, 0.29) is 5.92 Å². The molecule has 0 amide bonds. The SMILES string of the molecule is CC.NCC1CCOc2c(-c3ccc(C(F)(F)F)nc3)cccc21. The lowest BCUT2D eigenvalue weighted by atomic mass is 9.90. The minimum atomic E-state index is -4.43. The topological polar surface area (TPSA) is 48.1 Å². The molecule has 2 heterocycles. The third kappa shape index (κ3) is 3.70. The molecule has 3 nitrogen and oxygen atoms in total. The zero-order chi connectivity index (χ0) is 17.7. The van der Waals surface area contributed by atoms with E-state index in [1.165, 1.54) is 12.3 Å². The standard InChI is InChI=1S/C16H15F3N2O.C2H6/c17-16(18,19)14-5-4-11(9-21-14)13-3-1-2-12-10(8-20)6-7-22-15(12)13;1-2/h1-5,9-10H,6-8,20H2;1-2H3. The van der Waals surface area contributed by atoms with Crippen molar-refractivity contribution in [2.45, 2.75) is 32.4 Å². The third-order valence-electron chi connectivity index (χ3n) is 3.85. The van der Waals surface area contributed by atoms with Crippen molar-refractivity contribution >= 4 is 0 Å². The molecule has 1 unspecified atom stereocenters. The molecule has 0 aliphatic carbocycles. The molecule has 2 aromatic rings.